The average molecular weight is 234 g/mol. The molecule has 82 valence electrons. The van der Waals surface area contributed by atoms with Gasteiger partial charge in [-0.25, -0.2) is 0 Å². The number of thioether (sulfide) groups is 1. The molecule has 2 atom stereocenters. The monoisotopic (exact) mass is 234 g/mol. The maximum Gasteiger partial charge on any atom is 0.269 e. The average Bonchev–Trinajstić information content (AvgIpc) is 2.77. The second-order valence-corrected chi connectivity index (χ2v) is 4.97. The third-order valence-electron chi connectivity index (χ3n) is 2.72. The van der Waals surface area contributed by atoms with Crippen molar-refractivity contribution < 1.29 is 4.92 Å². The molecule has 5 heteroatoms. The molecule has 0 radical (unpaired) electrons. The minimum Gasteiger partial charge on any atom is -0.258 e. The molecule has 0 amide bonds. The van der Waals surface area contributed by atoms with Gasteiger partial charge < -0.3 is 0 Å². The number of nitro benzene ring substituents is 1. The highest BCUT2D eigenvalue weighted by atomic mass is 32.2. The third kappa shape index (κ3) is 2.17. The zero-order valence-electron chi connectivity index (χ0n) is 8.50. The molecule has 0 unspecified atom stereocenters. The van der Waals surface area contributed by atoms with Crippen LogP contribution in [-0.4, -0.2) is 15.9 Å². The Kier molecular flexibility index (Phi) is 3.11. The Morgan fingerprint density at radius 2 is 2.12 bits per heavy atom. The molecule has 1 aliphatic rings. The molecule has 0 aromatic heterocycles. The predicted octanol–water partition coefficient (Wildman–Crippen LogP) is 2.71. The van der Waals surface area contributed by atoms with Gasteiger partial charge in [0, 0.05) is 17.9 Å². The maximum atomic E-state index is 10.5. The van der Waals surface area contributed by atoms with Gasteiger partial charge in [-0.1, -0.05) is 12.1 Å². The SMILES string of the molecule is N#C[C@H]1C[C@H](c2ccc([N+](=O)[O-])cc2)CS1. The largest absolute Gasteiger partial charge is 0.269 e. The molecule has 1 saturated heterocycles. The number of rotatable bonds is 2. The van der Waals surface area contributed by atoms with Crippen LogP contribution in [-0.2, 0) is 0 Å². The normalized spacial score (nSPS) is 23.9. The van der Waals surface area contributed by atoms with Crippen LogP contribution < -0.4 is 0 Å². The molecule has 0 saturated carbocycles. The van der Waals surface area contributed by atoms with Crippen molar-refractivity contribution >= 4 is 17.4 Å². The zero-order valence-corrected chi connectivity index (χ0v) is 9.31. The molecule has 16 heavy (non-hydrogen) atoms. The first-order chi connectivity index (χ1) is 7.70. The van der Waals surface area contributed by atoms with Crippen molar-refractivity contribution in [2.24, 2.45) is 0 Å². The van der Waals surface area contributed by atoms with Crippen molar-refractivity contribution in [2.75, 3.05) is 5.75 Å². The van der Waals surface area contributed by atoms with Crippen molar-refractivity contribution in [3.8, 4) is 6.07 Å². The Hall–Kier alpha value is -1.54. The number of nitriles is 1. The second kappa shape index (κ2) is 4.54. The first-order valence-corrected chi connectivity index (χ1v) is 6.01. The number of hydrogen-bond donors (Lipinski definition) is 0. The van der Waals surface area contributed by atoms with Crippen LogP contribution in [0.4, 0.5) is 5.69 Å². The van der Waals surface area contributed by atoms with Gasteiger partial charge in [0.2, 0.25) is 0 Å². The number of hydrogen-bond acceptors (Lipinski definition) is 4. The number of benzene rings is 1. The van der Waals surface area contributed by atoms with Crippen LogP contribution in [0, 0.1) is 21.4 Å². The summed E-state index contributed by atoms with van der Waals surface area (Å²) >= 11 is 1.66. The van der Waals surface area contributed by atoms with Crippen LogP contribution in [0.1, 0.15) is 17.9 Å². The lowest BCUT2D eigenvalue weighted by Crippen LogP contribution is -1.99. The quantitative estimate of drug-likeness (QED) is 0.583. The van der Waals surface area contributed by atoms with E-state index in [0.29, 0.717) is 5.92 Å². The van der Waals surface area contributed by atoms with E-state index in [2.05, 4.69) is 6.07 Å². The molecule has 1 aromatic rings. The van der Waals surface area contributed by atoms with Gasteiger partial charge in [-0.15, -0.1) is 11.8 Å². The summed E-state index contributed by atoms with van der Waals surface area (Å²) in [6.07, 6.45) is 0.846. The third-order valence-corrected chi connectivity index (χ3v) is 4.01. The fraction of sp³-hybridized carbons (Fsp3) is 0.364. The van der Waals surface area contributed by atoms with E-state index in [-0.39, 0.29) is 10.9 Å². The highest BCUT2D eigenvalue weighted by Gasteiger charge is 2.26. The van der Waals surface area contributed by atoms with Gasteiger partial charge >= 0.3 is 0 Å². The van der Waals surface area contributed by atoms with Gasteiger partial charge in [0.15, 0.2) is 0 Å². The van der Waals surface area contributed by atoms with E-state index in [0.717, 1.165) is 17.7 Å². The van der Waals surface area contributed by atoms with Crippen molar-refractivity contribution in [3.63, 3.8) is 0 Å². The van der Waals surface area contributed by atoms with E-state index in [1.54, 1.807) is 23.9 Å². The Morgan fingerprint density at radius 3 is 2.62 bits per heavy atom. The predicted molar refractivity (Wildman–Crippen MR) is 62.3 cm³/mol. The van der Waals surface area contributed by atoms with Crippen molar-refractivity contribution in [2.45, 2.75) is 17.6 Å². The Bertz CT molecular complexity index is 438. The fourth-order valence-electron chi connectivity index (χ4n) is 1.82. The van der Waals surface area contributed by atoms with E-state index in [9.17, 15) is 10.1 Å². The van der Waals surface area contributed by atoms with Crippen LogP contribution in [0.2, 0.25) is 0 Å². The maximum absolute atomic E-state index is 10.5. The lowest BCUT2D eigenvalue weighted by Gasteiger charge is -2.07. The molecule has 0 spiro atoms. The summed E-state index contributed by atoms with van der Waals surface area (Å²) in [5.74, 6) is 1.28. The van der Waals surface area contributed by atoms with E-state index >= 15 is 0 Å². The van der Waals surface area contributed by atoms with Gasteiger partial charge in [0.25, 0.3) is 5.69 Å². The number of non-ortho nitro benzene ring substituents is 1. The smallest absolute Gasteiger partial charge is 0.258 e. The van der Waals surface area contributed by atoms with E-state index in [4.69, 9.17) is 5.26 Å². The summed E-state index contributed by atoms with van der Waals surface area (Å²) < 4.78 is 0. The highest BCUT2D eigenvalue weighted by molar-refractivity contribution is 8.00. The van der Waals surface area contributed by atoms with Crippen LogP contribution in [0.5, 0.6) is 0 Å². The molecular weight excluding hydrogens is 224 g/mol. The van der Waals surface area contributed by atoms with Crippen LogP contribution in [0.25, 0.3) is 0 Å². The summed E-state index contributed by atoms with van der Waals surface area (Å²) in [6.45, 7) is 0. The van der Waals surface area contributed by atoms with Gasteiger partial charge in [-0.2, -0.15) is 5.26 Å². The Labute approximate surface area is 97.4 Å². The van der Waals surface area contributed by atoms with Gasteiger partial charge in [0.1, 0.15) is 0 Å². The summed E-state index contributed by atoms with van der Waals surface area (Å²) in [6, 6.07) is 8.89. The van der Waals surface area contributed by atoms with Crippen LogP contribution in [0.3, 0.4) is 0 Å². The summed E-state index contributed by atoms with van der Waals surface area (Å²) in [7, 11) is 0. The minimum absolute atomic E-state index is 0.0696. The van der Waals surface area contributed by atoms with Gasteiger partial charge in [-0.3, -0.25) is 10.1 Å². The first kappa shape index (κ1) is 11.0. The number of nitrogens with zero attached hydrogens (tertiary/aromatic N) is 2. The lowest BCUT2D eigenvalue weighted by molar-refractivity contribution is -0.384. The molecule has 1 aromatic carbocycles. The summed E-state index contributed by atoms with van der Waals surface area (Å²) in [4.78, 5) is 10.1. The van der Waals surface area contributed by atoms with Crippen molar-refractivity contribution in [3.05, 3.63) is 39.9 Å². The molecular formula is C11H10N2O2S. The van der Waals surface area contributed by atoms with Crippen LogP contribution in [0.15, 0.2) is 24.3 Å². The molecule has 1 fully saturated rings. The molecule has 2 rings (SSSR count). The molecule has 0 bridgehead atoms. The van der Waals surface area contributed by atoms with Gasteiger partial charge in [0.05, 0.1) is 16.2 Å². The molecule has 1 heterocycles. The van der Waals surface area contributed by atoms with E-state index in [1.807, 2.05) is 0 Å². The molecule has 0 aliphatic carbocycles. The fourth-order valence-corrected chi connectivity index (χ4v) is 3.05. The van der Waals surface area contributed by atoms with Gasteiger partial charge in [-0.05, 0) is 17.9 Å². The molecule has 4 nitrogen and oxygen atoms in total. The van der Waals surface area contributed by atoms with Crippen molar-refractivity contribution in [1.29, 1.82) is 5.26 Å². The highest BCUT2D eigenvalue weighted by Crippen LogP contribution is 2.37. The molecule has 1 aliphatic heterocycles. The molecule has 0 N–H and O–H groups in total. The summed E-state index contributed by atoms with van der Waals surface area (Å²) in [5.41, 5.74) is 1.21. The number of nitro groups is 1. The Balaban J connectivity index is 2.11. The second-order valence-electron chi connectivity index (χ2n) is 3.73. The lowest BCUT2D eigenvalue weighted by atomic mass is 9.96. The summed E-state index contributed by atoms with van der Waals surface area (Å²) in [5, 5.41) is 19.3. The Morgan fingerprint density at radius 1 is 1.44 bits per heavy atom. The topological polar surface area (TPSA) is 66.9 Å². The van der Waals surface area contributed by atoms with Crippen LogP contribution >= 0.6 is 11.8 Å². The zero-order chi connectivity index (χ0) is 11.5. The van der Waals surface area contributed by atoms with E-state index in [1.165, 1.54) is 12.1 Å². The van der Waals surface area contributed by atoms with Crippen molar-refractivity contribution in [1.82, 2.24) is 0 Å². The van der Waals surface area contributed by atoms with E-state index < -0.39 is 4.92 Å². The minimum atomic E-state index is -0.398. The standard InChI is InChI=1S/C11H10N2O2S/c12-6-11-5-9(7-16-11)8-1-3-10(4-2-8)13(14)15/h1-4,9,11H,5,7H2/t9-,11+/m0/s1. The first-order valence-electron chi connectivity index (χ1n) is 4.96.